The smallest absolute Gasteiger partial charge is 0.337 e. The number of hydrogen-bond donors (Lipinski definition) is 0. The Morgan fingerprint density at radius 3 is 2.62 bits per heavy atom. The number of esters is 1. The fraction of sp³-hybridized carbons (Fsp3) is 0.200. The maximum atomic E-state index is 12.6. The van der Waals surface area contributed by atoms with Crippen LogP contribution in [0.2, 0.25) is 0 Å². The first-order valence-corrected chi connectivity index (χ1v) is 5.19. The second-order valence-electron chi connectivity index (χ2n) is 2.83. The zero-order chi connectivity index (χ0) is 12.3. The molecule has 0 aliphatic rings. The zero-order valence-corrected chi connectivity index (χ0v) is 10.3. The number of ether oxygens (including phenoxy) is 1. The maximum Gasteiger partial charge on any atom is 0.337 e. The number of carbonyl (C=O) groups is 1. The molecule has 16 heavy (non-hydrogen) atoms. The van der Waals surface area contributed by atoms with Gasteiger partial charge >= 0.3 is 5.97 Å². The van der Waals surface area contributed by atoms with E-state index in [1.807, 2.05) is 0 Å². The summed E-state index contributed by atoms with van der Waals surface area (Å²) < 4.78 is 29.8. The highest BCUT2D eigenvalue weighted by atomic mass is 127. The van der Waals surface area contributed by atoms with Crippen LogP contribution in [0.5, 0.6) is 0 Å². The minimum Gasteiger partial charge on any atom is -0.465 e. The van der Waals surface area contributed by atoms with Crippen molar-refractivity contribution in [2.75, 3.05) is 7.11 Å². The largest absolute Gasteiger partial charge is 0.465 e. The quantitative estimate of drug-likeness (QED) is 0.616. The highest BCUT2D eigenvalue weighted by molar-refractivity contribution is 14.1. The van der Waals surface area contributed by atoms with E-state index in [9.17, 15) is 13.6 Å². The number of carbonyl (C=O) groups excluding carboxylic acids is 1. The number of nitriles is 1. The Kier molecular flexibility index (Phi) is 4.18. The standard InChI is InChI=1S/C10H6F2INO2/c1-16-10(15)5-2-6(4-14)8(13)7(3-5)9(11)12/h2-3,9H,1H3. The van der Waals surface area contributed by atoms with Crippen LogP contribution in [-0.2, 0) is 4.74 Å². The second kappa shape index (κ2) is 5.21. The predicted molar refractivity (Wildman–Crippen MR) is 60.2 cm³/mol. The van der Waals surface area contributed by atoms with E-state index in [1.165, 1.54) is 6.07 Å². The molecule has 0 fully saturated rings. The summed E-state index contributed by atoms with van der Waals surface area (Å²) in [5.41, 5.74) is -0.339. The van der Waals surface area contributed by atoms with E-state index in [0.29, 0.717) is 0 Å². The highest BCUT2D eigenvalue weighted by Gasteiger charge is 2.19. The zero-order valence-electron chi connectivity index (χ0n) is 8.13. The van der Waals surface area contributed by atoms with Gasteiger partial charge in [0.1, 0.15) is 6.07 Å². The molecule has 3 nitrogen and oxygen atoms in total. The van der Waals surface area contributed by atoms with Crippen LogP contribution in [0, 0.1) is 14.9 Å². The average molecular weight is 337 g/mol. The maximum absolute atomic E-state index is 12.6. The van der Waals surface area contributed by atoms with Gasteiger partial charge in [0.15, 0.2) is 0 Å². The molecule has 0 saturated carbocycles. The molecule has 0 N–H and O–H groups in total. The Balaban J connectivity index is 3.41. The van der Waals surface area contributed by atoms with Crippen LogP contribution in [0.15, 0.2) is 12.1 Å². The van der Waals surface area contributed by atoms with Crippen molar-refractivity contribution in [3.8, 4) is 6.07 Å². The van der Waals surface area contributed by atoms with Crippen molar-refractivity contribution in [2.45, 2.75) is 6.43 Å². The van der Waals surface area contributed by atoms with Crippen molar-refractivity contribution in [1.29, 1.82) is 5.26 Å². The Morgan fingerprint density at radius 1 is 1.56 bits per heavy atom. The molecule has 6 heteroatoms. The summed E-state index contributed by atoms with van der Waals surface area (Å²) in [7, 11) is 1.15. The molecule has 0 bridgehead atoms. The van der Waals surface area contributed by atoms with E-state index in [4.69, 9.17) is 5.26 Å². The molecule has 0 aliphatic carbocycles. The minimum atomic E-state index is -2.73. The number of alkyl halides is 2. The minimum absolute atomic E-state index is 0.0406. The molecule has 0 unspecified atom stereocenters. The Hall–Kier alpha value is -1.23. The van der Waals surface area contributed by atoms with E-state index in [1.54, 1.807) is 28.7 Å². The van der Waals surface area contributed by atoms with Crippen molar-refractivity contribution in [2.24, 2.45) is 0 Å². The molecule has 0 heterocycles. The molecule has 0 spiro atoms. The van der Waals surface area contributed by atoms with Crippen molar-refractivity contribution in [1.82, 2.24) is 0 Å². The van der Waals surface area contributed by atoms with Gasteiger partial charge in [0.25, 0.3) is 6.43 Å². The van der Waals surface area contributed by atoms with Crippen molar-refractivity contribution < 1.29 is 18.3 Å². The normalized spacial score (nSPS) is 10.0. The van der Waals surface area contributed by atoms with Crippen LogP contribution in [-0.4, -0.2) is 13.1 Å². The molecule has 0 amide bonds. The SMILES string of the molecule is COC(=O)c1cc(C#N)c(I)c(C(F)F)c1. The topological polar surface area (TPSA) is 50.1 Å². The molecule has 1 aromatic rings. The van der Waals surface area contributed by atoms with Crippen LogP contribution >= 0.6 is 22.6 Å². The van der Waals surface area contributed by atoms with E-state index in [0.717, 1.165) is 13.2 Å². The van der Waals surface area contributed by atoms with Crippen molar-refractivity contribution >= 4 is 28.6 Å². The number of benzene rings is 1. The number of halogens is 3. The highest BCUT2D eigenvalue weighted by Crippen LogP contribution is 2.28. The molecular weight excluding hydrogens is 331 g/mol. The molecule has 0 saturated heterocycles. The molecule has 0 atom stereocenters. The second-order valence-corrected chi connectivity index (χ2v) is 3.91. The van der Waals surface area contributed by atoms with Gasteiger partial charge in [-0.25, -0.2) is 13.6 Å². The van der Waals surface area contributed by atoms with E-state index in [-0.39, 0.29) is 20.3 Å². The summed E-state index contributed by atoms with van der Waals surface area (Å²) in [5, 5.41) is 8.75. The van der Waals surface area contributed by atoms with E-state index < -0.39 is 12.4 Å². The Morgan fingerprint density at radius 2 is 2.19 bits per heavy atom. The molecule has 84 valence electrons. The van der Waals surface area contributed by atoms with Crippen LogP contribution in [0.25, 0.3) is 0 Å². The summed E-state index contributed by atoms with van der Waals surface area (Å²) in [6, 6.07) is 4.04. The molecule has 1 aromatic carbocycles. The number of nitrogens with zero attached hydrogens (tertiary/aromatic N) is 1. The van der Waals surface area contributed by atoms with Crippen molar-refractivity contribution in [3.63, 3.8) is 0 Å². The van der Waals surface area contributed by atoms with Gasteiger partial charge in [0, 0.05) is 9.13 Å². The average Bonchev–Trinajstić information content (AvgIpc) is 2.27. The first-order valence-electron chi connectivity index (χ1n) is 4.11. The summed E-state index contributed by atoms with van der Waals surface area (Å²) in [6.07, 6.45) is -2.73. The lowest BCUT2D eigenvalue weighted by atomic mass is 10.1. The third-order valence-electron chi connectivity index (χ3n) is 1.88. The van der Waals surface area contributed by atoms with Gasteiger partial charge in [-0.2, -0.15) is 5.26 Å². The predicted octanol–water partition coefficient (Wildman–Crippen LogP) is 2.89. The first-order chi connectivity index (χ1) is 7.51. The van der Waals surface area contributed by atoms with E-state index in [2.05, 4.69) is 4.74 Å². The molecule has 0 aromatic heterocycles. The monoisotopic (exact) mass is 337 g/mol. The summed E-state index contributed by atoms with van der Waals surface area (Å²) >= 11 is 1.65. The number of methoxy groups -OCH3 is 1. The lowest BCUT2D eigenvalue weighted by Gasteiger charge is -2.07. The van der Waals surface area contributed by atoms with Crippen LogP contribution < -0.4 is 0 Å². The van der Waals surface area contributed by atoms with Crippen LogP contribution in [0.1, 0.15) is 27.9 Å². The van der Waals surface area contributed by atoms with Crippen LogP contribution in [0.3, 0.4) is 0 Å². The van der Waals surface area contributed by atoms with Gasteiger partial charge in [-0.3, -0.25) is 0 Å². The summed E-state index contributed by atoms with van der Waals surface area (Å²) in [5.74, 6) is -0.741. The van der Waals surface area contributed by atoms with Crippen molar-refractivity contribution in [3.05, 3.63) is 32.4 Å². The van der Waals surface area contributed by atoms with Gasteiger partial charge in [0.05, 0.1) is 18.2 Å². The Labute approximate surface area is 104 Å². The van der Waals surface area contributed by atoms with E-state index >= 15 is 0 Å². The molecule has 1 rings (SSSR count). The van der Waals surface area contributed by atoms with Gasteiger partial charge in [-0.1, -0.05) is 0 Å². The summed E-state index contributed by atoms with van der Waals surface area (Å²) in [6.45, 7) is 0. The first kappa shape index (κ1) is 12.8. The number of hydrogen-bond acceptors (Lipinski definition) is 3. The van der Waals surface area contributed by atoms with Gasteiger partial charge < -0.3 is 4.74 Å². The van der Waals surface area contributed by atoms with Gasteiger partial charge in [0.2, 0.25) is 0 Å². The molecule has 0 radical (unpaired) electrons. The number of rotatable bonds is 2. The fourth-order valence-electron chi connectivity index (χ4n) is 1.12. The Bertz CT molecular complexity index is 469. The van der Waals surface area contributed by atoms with Gasteiger partial charge in [-0.05, 0) is 34.7 Å². The lowest BCUT2D eigenvalue weighted by molar-refractivity contribution is 0.0600. The lowest BCUT2D eigenvalue weighted by Crippen LogP contribution is -2.05. The fourth-order valence-corrected chi connectivity index (χ4v) is 1.79. The van der Waals surface area contributed by atoms with Gasteiger partial charge in [-0.15, -0.1) is 0 Å². The third-order valence-corrected chi connectivity index (χ3v) is 3.08. The summed E-state index contributed by atoms with van der Waals surface area (Å²) in [4.78, 5) is 11.2. The van der Waals surface area contributed by atoms with Crippen LogP contribution in [0.4, 0.5) is 8.78 Å². The molecule has 0 aliphatic heterocycles. The third kappa shape index (κ3) is 2.47. The molecular formula is C10H6F2INO2.